The lowest BCUT2D eigenvalue weighted by atomic mass is 10.2. The van der Waals surface area contributed by atoms with Gasteiger partial charge >= 0.3 is 0 Å². The predicted octanol–water partition coefficient (Wildman–Crippen LogP) is 4.06. The second-order valence-electron chi connectivity index (χ2n) is 7.06. The number of fused-ring (bicyclic) bond motifs is 1. The van der Waals surface area contributed by atoms with Gasteiger partial charge < -0.3 is 29.3 Å². The summed E-state index contributed by atoms with van der Waals surface area (Å²) < 4.78 is 21.9. The van der Waals surface area contributed by atoms with E-state index in [9.17, 15) is 9.59 Å². The summed E-state index contributed by atoms with van der Waals surface area (Å²) in [6.45, 7) is 3.42. The SMILES string of the molecule is CC1(C)Oc2ccc(NC(=O)COc3cccc(NC(=O)c4ccco4)c3)cc2O1. The van der Waals surface area contributed by atoms with Crippen molar-refractivity contribution >= 4 is 23.2 Å². The molecule has 1 aromatic heterocycles. The van der Waals surface area contributed by atoms with Crippen molar-refractivity contribution in [3.63, 3.8) is 0 Å². The molecule has 0 aliphatic carbocycles. The smallest absolute Gasteiger partial charge is 0.291 e. The molecule has 0 fully saturated rings. The monoisotopic (exact) mass is 408 g/mol. The van der Waals surface area contributed by atoms with E-state index in [2.05, 4.69) is 10.6 Å². The molecule has 0 unspecified atom stereocenters. The van der Waals surface area contributed by atoms with Gasteiger partial charge in [0.2, 0.25) is 5.79 Å². The first kappa shape index (κ1) is 19.4. The predicted molar refractivity (Wildman–Crippen MR) is 109 cm³/mol. The Kier molecular flexibility index (Phi) is 5.05. The summed E-state index contributed by atoms with van der Waals surface area (Å²) in [4.78, 5) is 24.3. The van der Waals surface area contributed by atoms with Crippen LogP contribution in [0.4, 0.5) is 11.4 Å². The first-order chi connectivity index (χ1) is 14.4. The summed E-state index contributed by atoms with van der Waals surface area (Å²) >= 11 is 0. The Morgan fingerprint density at radius 1 is 0.933 bits per heavy atom. The van der Waals surface area contributed by atoms with Crippen molar-refractivity contribution in [3.8, 4) is 17.2 Å². The van der Waals surface area contributed by atoms with Gasteiger partial charge in [-0.2, -0.15) is 0 Å². The van der Waals surface area contributed by atoms with E-state index in [-0.39, 0.29) is 24.2 Å². The molecule has 1 aliphatic rings. The third-order valence-corrected chi connectivity index (χ3v) is 4.15. The molecule has 1 aliphatic heterocycles. The number of rotatable bonds is 6. The lowest BCUT2D eigenvalue weighted by Gasteiger charge is -2.16. The van der Waals surface area contributed by atoms with E-state index >= 15 is 0 Å². The number of hydrogen-bond acceptors (Lipinski definition) is 6. The fourth-order valence-electron chi connectivity index (χ4n) is 2.91. The van der Waals surface area contributed by atoms with Gasteiger partial charge in [-0.25, -0.2) is 0 Å². The molecule has 4 rings (SSSR count). The van der Waals surface area contributed by atoms with Crippen molar-refractivity contribution < 1.29 is 28.2 Å². The average molecular weight is 408 g/mol. The highest BCUT2D eigenvalue weighted by Gasteiger charge is 2.31. The molecule has 0 saturated carbocycles. The molecule has 0 bridgehead atoms. The standard InChI is InChI=1S/C22H20N2O6/c1-22(2)29-17-9-8-15(12-19(17)30-22)23-20(25)13-28-16-6-3-5-14(11-16)24-21(26)18-7-4-10-27-18/h3-12H,13H2,1-2H3,(H,23,25)(H,24,26). The third kappa shape index (κ3) is 4.54. The van der Waals surface area contributed by atoms with Gasteiger partial charge in [0.1, 0.15) is 5.75 Å². The van der Waals surface area contributed by atoms with Crippen molar-refractivity contribution in [1.29, 1.82) is 0 Å². The van der Waals surface area contributed by atoms with Crippen molar-refractivity contribution in [3.05, 3.63) is 66.6 Å². The number of anilines is 2. The van der Waals surface area contributed by atoms with Crippen LogP contribution >= 0.6 is 0 Å². The minimum atomic E-state index is -0.731. The second-order valence-corrected chi connectivity index (χ2v) is 7.06. The second kappa shape index (κ2) is 7.82. The molecule has 2 aromatic carbocycles. The molecule has 3 aromatic rings. The van der Waals surface area contributed by atoms with Gasteiger partial charge in [-0.15, -0.1) is 0 Å². The summed E-state index contributed by atoms with van der Waals surface area (Å²) in [7, 11) is 0. The quantitative estimate of drug-likeness (QED) is 0.638. The van der Waals surface area contributed by atoms with Crippen LogP contribution in [-0.4, -0.2) is 24.2 Å². The highest BCUT2D eigenvalue weighted by molar-refractivity contribution is 6.02. The minimum Gasteiger partial charge on any atom is -0.484 e. The number of benzene rings is 2. The van der Waals surface area contributed by atoms with Gasteiger partial charge in [0.05, 0.1) is 6.26 Å². The Labute approximate surface area is 172 Å². The maximum absolute atomic E-state index is 12.2. The molecule has 154 valence electrons. The van der Waals surface area contributed by atoms with E-state index in [1.54, 1.807) is 54.6 Å². The van der Waals surface area contributed by atoms with Crippen LogP contribution in [0.2, 0.25) is 0 Å². The fraction of sp³-hybridized carbons (Fsp3) is 0.182. The van der Waals surface area contributed by atoms with Crippen LogP contribution in [0, 0.1) is 0 Å². The lowest BCUT2D eigenvalue weighted by Crippen LogP contribution is -2.29. The van der Waals surface area contributed by atoms with Crippen LogP contribution < -0.4 is 24.8 Å². The fourth-order valence-corrected chi connectivity index (χ4v) is 2.91. The highest BCUT2D eigenvalue weighted by atomic mass is 16.7. The topological polar surface area (TPSA) is 99.0 Å². The molecular weight excluding hydrogens is 388 g/mol. The van der Waals surface area contributed by atoms with Crippen LogP contribution in [-0.2, 0) is 4.79 Å². The summed E-state index contributed by atoms with van der Waals surface area (Å²) in [5, 5.41) is 5.46. The summed E-state index contributed by atoms with van der Waals surface area (Å²) in [6.07, 6.45) is 1.42. The van der Waals surface area contributed by atoms with Gasteiger partial charge in [0.15, 0.2) is 23.9 Å². The molecule has 2 amide bonds. The number of nitrogens with one attached hydrogen (secondary N) is 2. The van der Waals surface area contributed by atoms with Gasteiger partial charge in [0, 0.05) is 37.4 Å². The molecule has 8 nitrogen and oxygen atoms in total. The zero-order valence-electron chi connectivity index (χ0n) is 16.4. The van der Waals surface area contributed by atoms with Gasteiger partial charge in [-0.3, -0.25) is 9.59 Å². The first-order valence-electron chi connectivity index (χ1n) is 9.28. The number of amides is 2. The van der Waals surface area contributed by atoms with Gasteiger partial charge in [-0.05, 0) is 36.4 Å². The zero-order chi connectivity index (χ0) is 21.1. The number of furan rings is 1. The van der Waals surface area contributed by atoms with E-state index in [1.807, 2.05) is 13.8 Å². The Bertz CT molecular complexity index is 1070. The van der Waals surface area contributed by atoms with Crippen LogP contribution in [0.25, 0.3) is 0 Å². The zero-order valence-corrected chi connectivity index (χ0v) is 16.4. The van der Waals surface area contributed by atoms with E-state index in [0.29, 0.717) is 28.6 Å². The number of ether oxygens (including phenoxy) is 3. The Balaban J connectivity index is 1.32. The molecule has 2 heterocycles. The van der Waals surface area contributed by atoms with Gasteiger partial charge in [-0.1, -0.05) is 6.07 Å². The lowest BCUT2D eigenvalue weighted by molar-refractivity contribution is -0.118. The minimum absolute atomic E-state index is 0.199. The number of carbonyl (C=O) groups is 2. The largest absolute Gasteiger partial charge is 0.484 e. The van der Waals surface area contributed by atoms with Crippen molar-refractivity contribution in [2.24, 2.45) is 0 Å². The molecule has 0 radical (unpaired) electrons. The van der Waals surface area contributed by atoms with Crippen molar-refractivity contribution in [2.45, 2.75) is 19.6 Å². The molecule has 2 N–H and O–H groups in total. The Morgan fingerprint density at radius 3 is 2.53 bits per heavy atom. The molecule has 0 atom stereocenters. The van der Waals surface area contributed by atoms with E-state index in [4.69, 9.17) is 18.6 Å². The van der Waals surface area contributed by atoms with E-state index in [1.165, 1.54) is 6.26 Å². The van der Waals surface area contributed by atoms with E-state index < -0.39 is 5.79 Å². The molecule has 0 saturated heterocycles. The maximum Gasteiger partial charge on any atom is 0.291 e. The van der Waals surface area contributed by atoms with Crippen molar-refractivity contribution in [1.82, 2.24) is 0 Å². The van der Waals surface area contributed by atoms with Crippen LogP contribution in [0.15, 0.2) is 65.3 Å². The molecular formula is C22H20N2O6. The maximum atomic E-state index is 12.2. The summed E-state index contributed by atoms with van der Waals surface area (Å²) in [5.41, 5.74) is 1.09. The summed E-state index contributed by atoms with van der Waals surface area (Å²) in [6, 6.07) is 15.1. The first-order valence-corrected chi connectivity index (χ1v) is 9.28. The molecule has 8 heteroatoms. The van der Waals surface area contributed by atoms with E-state index in [0.717, 1.165) is 0 Å². The van der Waals surface area contributed by atoms with Crippen LogP contribution in [0.3, 0.4) is 0 Å². The average Bonchev–Trinajstić information content (AvgIpc) is 3.33. The molecule has 30 heavy (non-hydrogen) atoms. The van der Waals surface area contributed by atoms with Gasteiger partial charge in [0.25, 0.3) is 11.8 Å². The highest BCUT2D eigenvalue weighted by Crippen LogP contribution is 2.40. The third-order valence-electron chi connectivity index (χ3n) is 4.15. The van der Waals surface area contributed by atoms with Crippen LogP contribution in [0.1, 0.15) is 24.4 Å². The molecule has 0 spiro atoms. The Morgan fingerprint density at radius 2 is 1.73 bits per heavy atom. The number of hydrogen-bond donors (Lipinski definition) is 2. The normalized spacial score (nSPS) is 13.5. The van der Waals surface area contributed by atoms with Crippen molar-refractivity contribution in [2.75, 3.05) is 17.2 Å². The summed E-state index contributed by atoms with van der Waals surface area (Å²) in [5.74, 6) is 0.397. The number of carbonyl (C=O) groups excluding carboxylic acids is 2. The van der Waals surface area contributed by atoms with Crippen LogP contribution in [0.5, 0.6) is 17.2 Å². The Hall–Kier alpha value is -3.94.